The first-order valence-corrected chi connectivity index (χ1v) is 7.95. The van der Waals surface area contributed by atoms with Gasteiger partial charge in [-0.25, -0.2) is 0 Å². The Balaban J connectivity index is 1.75. The molecule has 0 aromatic heterocycles. The van der Waals surface area contributed by atoms with Gasteiger partial charge in [-0.1, -0.05) is 6.07 Å². The predicted octanol–water partition coefficient (Wildman–Crippen LogP) is 3.30. The second-order valence-electron chi connectivity index (χ2n) is 5.60. The topological polar surface area (TPSA) is 24.5 Å². The van der Waals surface area contributed by atoms with E-state index in [1.165, 1.54) is 18.5 Å². The number of nitrogens with one attached hydrogen (secondary N) is 1. The van der Waals surface area contributed by atoms with E-state index in [0.717, 1.165) is 37.9 Å². The molecule has 1 unspecified atom stereocenters. The van der Waals surface area contributed by atoms with Crippen LogP contribution in [0.1, 0.15) is 33.6 Å². The van der Waals surface area contributed by atoms with Crippen molar-refractivity contribution in [2.75, 3.05) is 31.1 Å². The molecule has 0 aliphatic heterocycles. The molecule has 20 heavy (non-hydrogen) atoms. The number of hydrogen-bond acceptors (Lipinski definition) is 3. The summed E-state index contributed by atoms with van der Waals surface area (Å²) < 4.78 is 5.85. The Morgan fingerprint density at radius 2 is 2.05 bits per heavy atom. The summed E-state index contributed by atoms with van der Waals surface area (Å²) >= 11 is 0. The zero-order valence-electron chi connectivity index (χ0n) is 13.1. The Kier molecular flexibility index (Phi) is 5.72. The Morgan fingerprint density at radius 1 is 1.30 bits per heavy atom. The monoisotopic (exact) mass is 276 g/mol. The summed E-state index contributed by atoms with van der Waals surface area (Å²) in [6.45, 7) is 10.4. The molecular formula is C17H28N2O. The molecule has 0 saturated heterocycles. The summed E-state index contributed by atoms with van der Waals surface area (Å²) in [7, 11) is 0. The van der Waals surface area contributed by atoms with Gasteiger partial charge < -0.3 is 15.0 Å². The van der Waals surface area contributed by atoms with Gasteiger partial charge in [-0.05, 0) is 51.7 Å². The first kappa shape index (κ1) is 15.2. The van der Waals surface area contributed by atoms with Crippen molar-refractivity contribution in [3.05, 3.63) is 24.3 Å². The lowest BCUT2D eigenvalue weighted by Gasteiger charge is -2.21. The molecule has 1 aliphatic carbocycles. The van der Waals surface area contributed by atoms with Crippen molar-refractivity contribution in [1.82, 2.24) is 5.32 Å². The maximum atomic E-state index is 5.85. The summed E-state index contributed by atoms with van der Waals surface area (Å²) in [5.74, 6) is 1.87. The lowest BCUT2D eigenvalue weighted by atomic mass is 10.2. The maximum absolute atomic E-state index is 5.85. The van der Waals surface area contributed by atoms with E-state index in [-0.39, 0.29) is 0 Å². The van der Waals surface area contributed by atoms with Gasteiger partial charge in [0.1, 0.15) is 12.4 Å². The van der Waals surface area contributed by atoms with Crippen LogP contribution >= 0.6 is 0 Å². The standard InChI is InChI=1S/C17H28N2O/c1-4-19(5-2)16-7-6-8-17(13-16)20-12-11-18-14(3)15-9-10-15/h6-8,13-15,18H,4-5,9-12H2,1-3H3. The highest BCUT2D eigenvalue weighted by molar-refractivity contribution is 5.50. The second kappa shape index (κ2) is 7.53. The van der Waals surface area contributed by atoms with Gasteiger partial charge in [0, 0.05) is 37.4 Å². The molecule has 1 atom stereocenters. The van der Waals surface area contributed by atoms with Crippen LogP contribution in [0.4, 0.5) is 5.69 Å². The molecule has 0 heterocycles. The normalized spacial score (nSPS) is 15.9. The molecular weight excluding hydrogens is 248 g/mol. The minimum atomic E-state index is 0.639. The molecule has 1 aromatic carbocycles. The van der Waals surface area contributed by atoms with Gasteiger partial charge in [0.15, 0.2) is 0 Å². The fourth-order valence-corrected chi connectivity index (χ4v) is 2.58. The smallest absolute Gasteiger partial charge is 0.121 e. The average Bonchev–Trinajstić information content (AvgIpc) is 3.30. The van der Waals surface area contributed by atoms with Crippen LogP contribution in [0, 0.1) is 5.92 Å². The molecule has 1 aromatic rings. The predicted molar refractivity (Wildman–Crippen MR) is 85.7 cm³/mol. The van der Waals surface area contributed by atoms with Crippen molar-refractivity contribution in [3.63, 3.8) is 0 Å². The summed E-state index contributed by atoms with van der Waals surface area (Å²) in [6.07, 6.45) is 2.78. The van der Waals surface area contributed by atoms with Gasteiger partial charge in [-0.15, -0.1) is 0 Å². The van der Waals surface area contributed by atoms with Crippen molar-refractivity contribution in [1.29, 1.82) is 0 Å². The van der Waals surface area contributed by atoms with Crippen molar-refractivity contribution >= 4 is 5.69 Å². The van der Waals surface area contributed by atoms with Crippen LogP contribution in [0.5, 0.6) is 5.75 Å². The number of rotatable bonds is 9. The summed E-state index contributed by atoms with van der Waals surface area (Å²) in [4.78, 5) is 2.33. The molecule has 112 valence electrons. The summed E-state index contributed by atoms with van der Waals surface area (Å²) in [5.41, 5.74) is 1.24. The van der Waals surface area contributed by atoms with Crippen molar-refractivity contribution in [3.8, 4) is 5.75 Å². The highest BCUT2D eigenvalue weighted by atomic mass is 16.5. The third kappa shape index (κ3) is 4.41. The minimum absolute atomic E-state index is 0.639. The van der Waals surface area contributed by atoms with Crippen LogP contribution in [0.3, 0.4) is 0 Å². The third-order valence-corrected chi connectivity index (χ3v) is 4.11. The quantitative estimate of drug-likeness (QED) is 0.700. The lowest BCUT2D eigenvalue weighted by Crippen LogP contribution is -2.31. The van der Waals surface area contributed by atoms with Gasteiger partial charge in [-0.3, -0.25) is 0 Å². The van der Waals surface area contributed by atoms with Gasteiger partial charge >= 0.3 is 0 Å². The highest BCUT2D eigenvalue weighted by Gasteiger charge is 2.27. The van der Waals surface area contributed by atoms with E-state index in [1.54, 1.807) is 0 Å². The number of hydrogen-bond donors (Lipinski definition) is 1. The van der Waals surface area contributed by atoms with Crippen LogP contribution < -0.4 is 15.0 Å². The van der Waals surface area contributed by atoms with E-state index in [2.05, 4.69) is 49.2 Å². The first-order chi connectivity index (χ1) is 9.74. The number of nitrogens with zero attached hydrogens (tertiary/aromatic N) is 1. The largest absolute Gasteiger partial charge is 0.492 e. The zero-order chi connectivity index (χ0) is 14.4. The van der Waals surface area contributed by atoms with Crippen molar-refractivity contribution in [2.45, 2.75) is 39.7 Å². The Bertz CT molecular complexity index is 400. The molecule has 3 nitrogen and oxygen atoms in total. The Morgan fingerprint density at radius 3 is 2.70 bits per heavy atom. The SMILES string of the molecule is CCN(CC)c1cccc(OCCNC(C)C2CC2)c1. The van der Waals surface area contributed by atoms with Gasteiger partial charge in [0.25, 0.3) is 0 Å². The molecule has 0 bridgehead atoms. The maximum Gasteiger partial charge on any atom is 0.121 e. The van der Waals surface area contributed by atoms with Crippen LogP contribution in [-0.2, 0) is 0 Å². The molecule has 1 N–H and O–H groups in total. The first-order valence-electron chi connectivity index (χ1n) is 7.95. The van der Waals surface area contributed by atoms with E-state index in [0.29, 0.717) is 6.04 Å². The van der Waals surface area contributed by atoms with Crippen LogP contribution in [0.25, 0.3) is 0 Å². The molecule has 1 saturated carbocycles. The zero-order valence-corrected chi connectivity index (χ0v) is 13.1. The number of benzene rings is 1. The average molecular weight is 276 g/mol. The fraction of sp³-hybridized carbons (Fsp3) is 0.647. The van der Waals surface area contributed by atoms with Gasteiger partial charge in [-0.2, -0.15) is 0 Å². The molecule has 1 aliphatic rings. The Labute approximate surface area is 123 Å². The second-order valence-corrected chi connectivity index (χ2v) is 5.60. The number of anilines is 1. The molecule has 1 fully saturated rings. The van der Waals surface area contributed by atoms with E-state index in [1.807, 2.05) is 6.07 Å². The molecule has 0 amide bonds. The molecule has 0 spiro atoms. The Hall–Kier alpha value is -1.22. The van der Waals surface area contributed by atoms with E-state index >= 15 is 0 Å². The van der Waals surface area contributed by atoms with E-state index in [9.17, 15) is 0 Å². The van der Waals surface area contributed by atoms with E-state index < -0.39 is 0 Å². The van der Waals surface area contributed by atoms with Gasteiger partial charge in [0.05, 0.1) is 0 Å². The fourth-order valence-electron chi connectivity index (χ4n) is 2.58. The summed E-state index contributed by atoms with van der Waals surface area (Å²) in [6, 6.07) is 9.03. The van der Waals surface area contributed by atoms with Crippen molar-refractivity contribution < 1.29 is 4.74 Å². The van der Waals surface area contributed by atoms with Crippen molar-refractivity contribution in [2.24, 2.45) is 5.92 Å². The van der Waals surface area contributed by atoms with Crippen LogP contribution in [0.2, 0.25) is 0 Å². The minimum Gasteiger partial charge on any atom is -0.492 e. The van der Waals surface area contributed by atoms with Gasteiger partial charge in [0.2, 0.25) is 0 Å². The number of ether oxygens (including phenoxy) is 1. The third-order valence-electron chi connectivity index (χ3n) is 4.11. The molecule has 0 radical (unpaired) electrons. The van der Waals surface area contributed by atoms with E-state index in [4.69, 9.17) is 4.74 Å². The highest BCUT2D eigenvalue weighted by Crippen LogP contribution is 2.32. The summed E-state index contributed by atoms with van der Waals surface area (Å²) in [5, 5.41) is 3.54. The lowest BCUT2D eigenvalue weighted by molar-refractivity contribution is 0.303. The van der Waals surface area contributed by atoms with Crippen LogP contribution in [-0.4, -0.2) is 32.3 Å². The molecule has 3 heteroatoms. The van der Waals surface area contributed by atoms with Crippen LogP contribution in [0.15, 0.2) is 24.3 Å². The molecule has 2 rings (SSSR count).